The molecule has 0 bridgehead atoms. The molecule has 0 radical (unpaired) electrons. The van der Waals surface area contributed by atoms with E-state index in [9.17, 15) is 4.79 Å². The molecule has 1 aliphatic heterocycles. The standard InChI is InChI=1S/C14H16O3/c15-13-6-7-14(16-8-9-17-14)10-12(13)11-4-2-1-3-5-11/h1-5,12H,6-10H2. The van der Waals surface area contributed by atoms with E-state index >= 15 is 0 Å². The Balaban J connectivity index is 1.85. The molecule has 1 spiro atoms. The topological polar surface area (TPSA) is 35.5 Å². The van der Waals surface area contributed by atoms with Crippen molar-refractivity contribution in [3.05, 3.63) is 35.9 Å². The van der Waals surface area contributed by atoms with Crippen molar-refractivity contribution in [2.75, 3.05) is 13.2 Å². The van der Waals surface area contributed by atoms with Gasteiger partial charge in [-0.05, 0) is 5.56 Å². The Bertz CT molecular complexity index is 407. The highest BCUT2D eigenvalue weighted by Crippen LogP contribution is 2.41. The first-order valence-electron chi connectivity index (χ1n) is 6.15. The molecule has 1 saturated carbocycles. The lowest BCUT2D eigenvalue weighted by molar-refractivity contribution is -0.183. The summed E-state index contributed by atoms with van der Waals surface area (Å²) in [4.78, 5) is 12.0. The van der Waals surface area contributed by atoms with Crippen molar-refractivity contribution in [3.63, 3.8) is 0 Å². The van der Waals surface area contributed by atoms with Gasteiger partial charge in [0.05, 0.1) is 13.2 Å². The van der Waals surface area contributed by atoms with Crippen LogP contribution in [-0.2, 0) is 14.3 Å². The fourth-order valence-corrected chi connectivity index (χ4v) is 2.76. The van der Waals surface area contributed by atoms with Crippen LogP contribution in [0.5, 0.6) is 0 Å². The molecule has 3 nitrogen and oxygen atoms in total. The summed E-state index contributed by atoms with van der Waals surface area (Å²) in [5.74, 6) is -0.252. The van der Waals surface area contributed by atoms with E-state index in [2.05, 4.69) is 0 Å². The fourth-order valence-electron chi connectivity index (χ4n) is 2.76. The van der Waals surface area contributed by atoms with Gasteiger partial charge in [-0.1, -0.05) is 30.3 Å². The van der Waals surface area contributed by atoms with Gasteiger partial charge in [0.15, 0.2) is 5.79 Å². The van der Waals surface area contributed by atoms with Crippen molar-refractivity contribution in [1.29, 1.82) is 0 Å². The third-order valence-corrected chi connectivity index (χ3v) is 3.67. The molecular weight excluding hydrogens is 216 g/mol. The van der Waals surface area contributed by atoms with Gasteiger partial charge in [0, 0.05) is 25.2 Å². The predicted molar refractivity (Wildman–Crippen MR) is 62.7 cm³/mol. The molecule has 1 unspecified atom stereocenters. The van der Waals surface area contributed by atoms with E-state index in [4.69, 9.17) is 9.47 Å². The maximum Gasteiger partial charge on any atom is 0.169 e. The summed E-state index contributed by atoms with van der Waals surface area (Å²) in [5, 5.41) is 0. The first kappa shape index (κ1) is 10.9. The van der Waals surface area contributed by atoms with Crippen LogP contribution in [-0.4, -0.2) is 24.8 Å². The van der Waals surface area contributed by atoms with Crippen LogP contribution in [0.2, 0.25) is 0 Å². The van der Waals surface area contributed by atoms with Crippen molar-refractivity contribution in [1.82, 2.24) is 0 Å². The molecule has 0 N–H and O–H groups in total. The second-order valence-corrected chi connectivity index (χ2v) is 4.74. The molecule has 17 heavy (non-hydrogen) atoms. The summed E-state index contributed by atoms with van der Waals surface area (Å²) in [6.07, 6.45) is 1.92. The van der Waals surface area contributed by atoms with Crippen LogP contribution in [0.3, 0.4) is 0 Å². The van der Waals surface area contributed by atoms with Crippen LogP contribution in [0.1, 0.15) is 30.7 Å². The number of ether oxygens (including phenoxy) is 2. The molecule has 1 atom stereocenters. The van der Waals surface area contributed by atoms with E-state index < -0.39 is 5.79 Å². The highest BCUT2D eigenvalue weighted by Gasteiger charge is 2.44. The number of benzene rings is 1. The third-order valence-electron chi connectivity index (χ3n) is 3.67. The SMILES string of the molecule is O=C1CCC2(CC1c1ccccc1)OCCO2. The zero-order valence-corrected chi connectivity index (χ0v) is 9.72. The summed E-state index contributed by atoms with van der Waals surface area (Å²) < 4.78 is 11.4. The van der Waals surface area contributed by atoms with Crippen LogP contribution in [0, 0.1) is 0 Å². The zero-order chi connectivity index (χ0) is 11.7. The second kappa shape index (κ2) is 4.24. The minimum atomic E-state index is -0.492. The van der Waals surface area contributed by atoms with Gasteiger partial charge in [0.2, 0.25) is 0 Å². The highest BCUT2D eigenvalue weighted by molar-refractivity contribution is 5.86. The van der Waals surface area contributed by atoms with Gasteiger partial charge in [-0.15, -0.1) is 0 Å². The second-order valence-electron chi connectivity index (χ2n) is 4.74. The zero-order valence-electron chi connectivity index (χ0n) is 9.72. The van der Waals surface area contributed by atoms with E-state index in [1.54, 1.807) is 0 Å². The molecule has 1 aromatic carbocycles. The van der Waals surface area contributed by atoms with Gasteiger partial charge in [-0.2, -0.15) is 0 Å². The number of hydrogen-bond acceptors (Lipinski definition) is 3. The van der Waals surface area contributed by atoms with Crippen molar-refractivity contribution >= 4 is 5.78 Å². The molecule has 2 aliphatic rings. The van der Waals surface area contributed by atoms with Crippen molar-refractivity contribution in [2.45, 2.75) is 31.0 Å². The lowest BCUT2D eigenvalue weighted by atomic mass is 9.79. The van der Waals surface area contributed by atoms with Gasteiger partial charge in [0.1, 0.15) is 5.78 Å². The number of carbonyl (C=O) groups excluding carboxylic acids is 1. The fraction of sp³-hybridized carbons (Fsp3) is 0.500. The van der Waals surface area contributed by atoms with Crippen LogP contribution < -0.4 is 0 Å². The van der Waals surface area contributed by atoms with E-state index in [-0.39, 0.29) is 5.92 Å². The molecule has 1 heterocycles. The average Bonchev–Trinajstić information content (AvgIpc) is 2.82. The molecule has 0 amide bonds. The maximum atomic E-state index is 12.0. The molecular formula is C14H16O3. The van der Waals surface area contributed by atoms with Gasteiger partial charge in [0.25, 0.3) is 0 Å². The van der Waals surface area contributed by atoms with Crippen molar-refractivity contribution < 1.29 is 14.3 Å². The number of ketones is 1. The third kappa shape index (κ3) is 2.01. The van der Waals surface area contributed by atoms with E-state index in [0.29, 0.717) is 38.3 Å². The van der Waals surface area contributed by atoms with E-state index in [1.165, 1.54) is 0 Å². The van der Waals surface area contributed by atoms with Gasteiger partial charge < -0.3 is 9.47 Å². The number of hydrogen-bond donors (Lipinski definition) is 0. The normalized spacial score (nSPS) is 27.5. The van der Waals surface area contributed by atoms with Gasteiger partial charge in [-0.3, -0.25) is 4.79 Å². The first-order chi connectivity index (χ1) is 8.29. The Morgan fingerprint density at radius 3 is 2.53 bits per heavy atom. The highest BCUT2D eigenvalue weighted by atomic mass is 16.7. The van der Waals surface area contributed by atoms with E-state index in [0.717, 1.165) is 5.56 Å². The average molecular weight is 232 g/mol. The molecule has 1 saturated heterocycles. The Hall–Kier alpha value is -1.19. The number of carbonyl (C=O) groups is 1. The molecule has 90 valence electrons. The Morgan fingerprint density at radius 1 is 1.12 bits per heavy atom. The summed E-state index contributed by atoms with van der Waals surface area (Å²) in [6, 6.07) is 9.93. The van der Waals surface area contributed by atoms with Crippen LogP contribution in [0.15, 0.2) is 30.3 Å². The Morgan fingerprint density at radius 2 is 1.82 bits per heavy atom. The summed E-state index contributed by atoms with van der Waals surface area (Å²) >= 11 is 0. The summed E-state index contributed by atoms with van der Waals surface area (Å²) in [5.41, 5.74) is 1.08. The van der Waals surface area contributed by atoms with Crippen LogP contribution in [0.25, 0.3) is 0 Å². The Kier molecular flexibility index (Phi) is 2.73. The maximum absolute atomic E-state index is 12.0. The monoisotopic (exact) mass is 232 g/mol. The Labute approximate surface area is 101 Å². The number of rotatable bonds is 1. The molecule has 3 heteroatoms. The van der Waals surface area contributed by atoms with Crippen molar-refractivity contribution in [3.8, 4) is 0 Å². The predicted octanol–water partition coefficient (Wildman–Crippen LogP) is 2.27. The van der Waals surface area contributed by atoms with Gasteiger partial charge >= 0.3 is 0 Å². The number of Topliss-reactive ketones (excluding diaryl/α,β-unsaturated/α-hetero) is 1. The molecule has 1 aliphatic carbocycles. The quantitative estimate of drug-likeness (QED) is 0.745. The van der Waals surface area contributed by atoms with E-state index in [1.807, 2.05) is 30.3 Å². The molecule has 3 rings (SSSR count). The van der Waals surface area contributed by atoms with Crippen LogP contribution >= 0.6 is 0 Å². The lowest BCUT2D eigenvalue weighted by Crippen LogP contribution is -2.39. The molecule has 1 aromatic rings. The smallest absolute Gasteiger partial charge is 0.169 e. The lowest BCUT2D eigenvalue weighted by Gasteiger charge is -2.35. The first-order valence-corrected chi connectivity index (χ1v) is 6.15. The summed E-state index contributed by atoms with van der Waals surface area (Å²) in [7, 11) is 0. The van der Waals surface area contributed by atoms with Crippen LogP contribution in [0.4, 0.5) is 0 Å². The molecule has 2 fully saturated rings. The molecule has 0 aromatic heterocycles. The van der Waals surface area contributed by atoms with Crippen molar-refractivity contribution in [2.24, 2.45) is 0 Å². The van der Waals surface area contributed by atoms with Gasteiger partial charge in [-0.25, -0.2) is 0 Å². The minimum Gasteiger partial charge on any atom is -0.347 e. The summed E-state index contributed by atoms with van der Waals surface area (Å²) in [6.45, 7) is 1.30. The largest absolute Gasteiger partial charge is 0.347 e. The minimum absolute atomic E-state index is 0.0666.